The summed E-state index contributed by atoms with van der Waals surface area (Å²) in [5.41, 5.74) is 0.746. The van der Waals surface area contributed by atoms with Crippen molar-refractivity contribution in [1.29, 1.82) is 0 Å². The molecule has 0 aliphatic heterocycles. The van der Waals surface area contributed by atoms with Gasteiger partial charge in [0, 0.05) is 19.7 Å². The minimum atomic E-state index is -3.56. The van der Waals surface area contributed by atoms with E-state index < -0.39 is 21.8 Å². The Morgan fingerprint density at radius 2 is 1.67 bits per heavy atom. The summed E-state index contributed by atoms with van der Waals surface area (Å²) in [7, 11) is 0.786. The van der Waals surface area contributed by atoms with Crippen molar-refractivity contribution in [1.82, 2.24) is 9.62 Å². The van der Waals surface area contributed by atoms with Crippen molar-refractivity contribution in [3.05, 3.63) is 54.1 Å². The molecular weight excluding hydrogens is 370 g/mol. The van der Waals surface area contributed by atoms with Crippen LogP contribution in [0, 0.1) is 0 Å². The number of nitrogens with zero attached hydrogens (tertiary/aromatic N) is 1. The van der Waals surface area contributed by atoms with Gasteiger partial charge in [-0.2, -0.15) is 0 Å². The Balaban J connectivity index is 1.96. The summed E-state index contributed by atoms with van der Waals surface area (Å²) in [6, 6.07) is 12.4. The number of nitrogens with one attached hydrogen (secondary N) is 2. The topological polar surface area (TPSA) is 105 Å². The van der Waals surface area contributed by atoms with Gasteiger partial charge in [-0.25, -0.2) is 12.7 Å². The first-order chi connectivity index (χ1) is 12.8. The van der Waals surface area contributed by atoms with Crippen LogP contribution >= 0.6 is 0 Å². The fourth-order valence-corrected chi connectivity index (χ4v) is 3.10. The molecule has 0 heterocycles. The fourth-order valence-electron chi connectivity index (χ4n) is 2.19. The summed E-state index contributed by atoms with van der Waals surface area (Å²) < 4.78 is 30.3. The third-order valence-electron chi connectivity index (χ3n) is 3.69. The molecule has 0 atom stereocenters. The number of carbonyl (C=O) groups is 2. The van der Waals surface area contributed by atoms with Gasteiger partial charge in [0.05, 0.1) is 24.2 Å². The number of hydrogen-bond donors (Lipinski definition) is 2. The number of anilines is 1. The molecule has 8 nitrogen and oxygen atoms in total. The van der Waals surface area contributed by atoms with Crippen molar-refractivity contribution in [2.24, 2.45) is 0 Å². The molecule has 0 aromatic heterocycles. The van der Waals surface area contributed by atoms with Crippen molar-refractivity contribution in [3.63, 3.8) is 0 Å². The first-order valence-corrected chi connectivity index (χ1v) is 9.43. The van der Waals surface area contributed by atoms with Gasteiger partial charge in [0.2, 0.25) is 15.9 Å². The van der Waals surface area contributed by atoms with Gasteiger partial charge in [-0.3, -0.25) is 9.59 Å². The third-order valence-corrected chi connectivity index (χ3v) is 5.51. The van der Waals surface area contributed by atoms with Crippen molar-refractivity contribution >= 4 is 27.5 Å². The third kappa shape index (κ3) is 5.05. The molecule has 0 saturated heterocycles. The van der Waals surface area contributed by atoms with E-state index in [4.69, 9.17) is 4.74 Å². The second-order valence-corrected chi connectivity index (χ2v) is 7.89. The van der Waals surface area contributed by atoms with Gasteiger partial charge in [-0.1, -0.05) is 12.1 Å². The Hall–Kier alpha value is -2.91. The molecule has 2 rings (SSSR count). The number of rotatable bonds is 7. The monoisotopic (exact) mass is 391 g/mol. The number of carbonyl (C=O) groups excluding carboxylic acids is 2. The number of benzene rings is 2. The van der Waals surface area contributed by atoms with Crippen molar-refractivity contribution in [2.45, 2.75) is 4.90 Å². The summed E-state index contributed by atoms with van der Waals surface area (Å²) in [5, 5.41) is 5.13. The first kappa shape index (κ1) is 20.4. The fraction of sp³-hybridized carbons (Fsp3) is 0.222. The minimum absolute atomic E-state index is 0.0814. The molecule has 0 unspecified atom stereocenters. The Morgan fingerprint density at radius 3 is 2.26 bits per heavy atom. The van der Waals surface area contributed by atoms with Crippen LogP contribution in [0.2, 0.25) is 0 Å². The maximum atomic E-state index is 12.1. The van der Waals surface area contributed by atoms with Crippen LogP contribution in [0.15, 0.2) is 53.4 Å². The normalized spacial score (nSPS) is 11.1. The van der Waals surface area contributed by atoms with E-state index in [1.54, 1.807) is 24.3 Å². The average Bonchev–Trinajstić information content (AvgIpc) is 2.66. The molecule has 9 heteroatoms. The Labute approximate surface area is 158 Å². The van der Waals surface area contributed by atoms with Crippen LogP contribution in [0.3, 0.4) is 0 Å². The number of para-hydroxylation sites is 2. The van der Waals surface area contributed by atoms with Gasteiger partial charge >= 0.3 is 0 Å². The molecule has 0 fully saturated rings. The van der Waals surface area contributed by atoms with E-state index >= 15 is 0 Å². The van der Waals surface area contributed by atoms with E-state index in [2.05, 4.69) is 10.6 Å². The standard InChI is InChI=1S/C18H21N3O5S/c1-21(2)27(24,25)14-10-8-13(9-11-14)18(23)19-12-17(22)20-15-6-4-5-7-16(15)26-3/h4-11H,12H2,1-3H3,(H,19,23)(H,20,22). The van der Waals surface area contributed by atoms with E-state index in [9.17, 15) is 18.0 Å². The van der Waals surface area contributed by atoms with Gasteiger partial charge in [-0.15, -0.1) is 0 Å². The predicted molar refractivity (Wildman–Crippen MR) is 101 cm³/mol. The molecule has 0 aliphatic carbocycles. The molecule has 2 aromatic carbocycles. The Kier molecular flexibility index (Phi) is 6.54. The van der Waals surface area contributed by atoms with Crippen LogP contribution in [-0.2, 0) is 14.8 Å². The van der Waals surface area contributed by atoms with Crippen molar-refractivity contribution in [2.75, 3.05) is 33.1 Å². The lowest BCUT2D eigenvalue weighted by atomic mass is 10.2. The quantitative estimate of drug-likeness (QED) is 0.741. The zero-order valence-electron chi connectivity index (χ0n) is 15.2. The molecular formula is C18H21N3O5S. The lowest BCUT2D eigenvalue weighted by Gasteiger charge is -2.12. The highest BCUT2D eigenvalue weighted by Crippen LogP contribution is 2.22. The summed E-state index contributed by atoms with van der Waals surface area (Å²) in [6.07, 6.45) is 0. The number of amides is 2. The van der Waals surface area contributed by atoms with Gasteiger partial charge in [0.1, 0.15) is 5.75 Å². The second-order valence-electron chi connectivity index (χ2n) is 5.74. The van der Waals surface area contributed by atoms with E-state index in [-0.39, 0.29) is 17.0 Å². The van der Waals surface area contributed by atoms with Gasteiger partial charge in [-0.05, 0) is 36.4 Å². The summed E-state index contributed by atoms with van der Waals surface area (Å²) >= 11 is 0. The zero-order chi connectivity index (χ0) is 20.0. The zero-order valence-corrected chi connectivity index (χ0v) is 16.0. The van der Waals surface area contributed by atoms with Gasteiger partial charge in [0.25, 0.3) is 5.91 Å². The minimum Gasteiger partial charge on any atom is -0.495 e. The first-order valence-electron chi connectivity index (χ1n) is 7.99. The highest BCUT2D eigenvalue weighted by atomic mass is 32.2. The largest absolute Gasteiger partial charge is 0.495 e. The lowest BCUT2D eigenvalue weighted by Crippen LogP contribution is -2.33. The summed E-state index contributed by atoms with van der Waals surface area (Å²) in [4.78, 5) is 24.2. The van der Waals surface area contributed by atoms with Crippen molar-refractivity contribution < 1.29 is 22.7 Å². The Morgan fingerprint density at radius 1 is 1.04 bits per heavy atom. The molecule has 2 aromatic rings. The van der Waals surface area contributed by atoms with Crippen LogP contribution in [-0.4, -0.2) is 52.3 Å². The molecule has 144 valence electrons. The summed E-state index contributed by atoms with van der Waals surface area (Å²) in [5.74, 6) is -0.395. The molecule has 27 heavy (non-hydrogen) atoms. The van der Waals surface area contributed by atoms with E-state index in [1.165, 1.54) is 45.5 Å². The molecule has 0 spiro atoms. The number of methoxy groups -OCH3 is 1. The van der Waals surface area contributed by atoms with Crippen molar-refractivity contribution in [3.8, 4) is 5.75 Å². The smallest absolute Gasteiger partial charge is 0.251 e. The van der Waals surface area contributed by atoms with Gasteiger partial charge in [0.15, 0.2) is 0 Å². The second kappa shape index (κ2) is 8.65. The molecule has 0 radical (unpaired) electrons. The SMILES string of the molecule is COc1ccccc1NC(=O)CNC(=O)c1ccc(S(=O)(=O)N(C)C)cc1. The van der Waals surface area contributed by atoms with E-state index in [1.807, 2.05) is 0 Å². The predicted octanol–water partition coefficient (Wildman–Crippen LogP) is 1.31. The van der Waals surface area contributed by atoms with Crippen LogP contribution in [0.5, 0.6) is 5.75 Å². The average molecular weight is 391 g/mol. The number of ether oxygens (including phenoxy) is 1. The molecule has 0 aliphatic rings. The number of hydrogen-bond acceptors (Lipinski definition) is 5. The highest BCUT2D eigenvalue weighted by molar-refractivity contribution is 7.89. The van der Waals surface area contributed by atoms with Crippen LogP contribution < -0.4 is 15.4 Å². The van der Waals surface area contributed by atoms with Crippen LogP contribution in [0.4, 0.5) is 5.69 Å². The lowest BCUT2D eigenvalue weighted by molar-refractivity contribution is -0.115. The van der Waals surface area contributed by atoms with Gasteiger partial charge < -0.3 is 15.4 Å². The van der Waals surface area contributed by atoms with E-state index in [0.717, 1.165) is 4.31 Å². The van der Waals surface area contributed by atoms with Crippen LogP contribution in [0.1, 0.15) is 10.4 Å². The van der Waals surface area contributed by atoms with Crippen LogP contribution in [0.25, 0.3) is 0 Å². The maximum Gasteiger partial charge on any atom is 0.251 e. The van der Waals surface area contributed by atoms with E-state index in [0.29, 0.717) is 11.4 Å². The Bertz CT molecular complexity index is 924. The molecule has 2 amide bonds. The maximum absolute atomic E-state index is 12.1. The molecule has 2 N–H and O–H groups in total. The number of sulfonamides is 1. The molecule has 0 saturated carbocycles. The molecule has 0 bridgehead atoms. The highest BCUT2D eigenvalue weighted by Gasteiger charge is 2.17. The summed E-state index contributed by atoms with van der Waals surface area (Å²) in [6.45, 7) is -0.241.